The average molecular weight is 239 g/mol. The molecule has 0 unspecified atom stereocenters. The predicted octanol–water partition coefficient (Wildman–Crippen LogP) is 2.06. The van der Waals surface area contributed by atoms with Crippen LogP contribution in [-0.4, -0.2) is 29.8 Å². The van der Waals surface area contributed by atoms with Crippen LogP contribution in [-0.2, 0) is 17.8 Å². The fourth-order valence-electron chi connectivity index (χ4n) is 1.79. The molecule has 1 aromatic heterocycles. The zero-order chi connectivity index (χ0) is 12.7. The first-order chi connectivity index (χ1) is 8.07. The maximum Gasteiger partial charge on any atom is 0.0950 e. The van der Waals surface area contributed by atoms with E-state index in [1.54, 1.807) is 7.11 Å². The first kappa shape index (κ1) is 14.2. The minimum absolute atomic E-state index is 0.242. The van der Waals surface area contributed by atoms with Gasteiger partial charge in [-0.05, 0) is 18.4 Å². The number of ether oxygens (including phenoxy) is 1. The molecule has 0 amide bonds. The van der Waals surface area contributed by atoms with E-state index >= 15 is 0 Å². The highest BCUT2D eigenvalue weighted by Crippen LogP contribution is 2.22. The number of imidazole rings is 1. The first-order valence-corrected chi connectivity index (χ1v) is 6.27. The Labute approximate surface area is 104 Å². The molecule has 0 saturated heterocycles. The second kappa shape index (κ2) is 6.77. The van der Waals surface area contributed by atoms with Crippen LogP contribution < -0.4 is 5.32 Å². The van der Waals surface area contributed by atoms with E-state index in [9.17, 15) is 0 Å². The van der Waals surface area contributed by atoms with Gasteiger partial charge in [-0.3, -0.25) is 0 Å². The number of rotatable bonds is 8. The van der Waals surface area contributed by atoms with Gasteiger partial charge in [0.15, 0.2) is 0 Å². The average Bonchev–Trinajstić information content (AvgIpc) is 2.70. The molecule has 0 spiro atoms. The third kappa shape index (κ3) is 5.33. The molecule has 98 valence electrons. The molecular weight excluding hydrogens is 214 g/mol. The Bertz CT molecular complexity index is 320. The summed E-state index contributed by atoms with van der Waals surface area (Å²) in [6.07, 6.45) is 5.10. The molecule has 1 N–H and O–H groups in total. The van der Waals surface area contributed by atoms with Gasteiger partial charge in [0, 0.05) is 33.0 Å². The van der Waals surface area contributed by atoms with Crippen molar-refractivity contribution in [2.75, 3.05) is 20.3 Å². The largest absolute Gasteiger partial charge is 0.385 e. The summed E-state index contributed by atoms with van der Waals surface area (Å²) in [6, 6.07) is 0. The number of methoxy groups -OCH3 is 1. The zero-order valence-corrected chi connectivity index (χ0v) is 11.5. The van der Waals surface area contributed by atoms with Crippen molar-refractivity contribution in [3.05, 3.63) is 18.2 Å². The Morgan fingerprint density at radius 2 is 2.24 bits per heavy atom. The lowest BCUT2D eigenvalue weighted by Crippen LogP contribution is -2.20. The molecule has 4 nitrogen and oxygen atoms in total. The number of nitrogens with zero attached hydrogens (tertiary/aromatic N) is 2. The van der Waals surface area contributed by atoms with Gasteiger partial charge in [0.05, 0.1) is 12.0 Å². The predicted molar refractivity (Wildman–Crippen MR) is 69.9 cm³/mol. The van der Waals surface area contributed by atoms with Gasteiger partial charge in [0.1, 0.15) is 0 Å². The van der Waals surface area contributed by atoms with Crippen molar-refractivity contribution < 1.29 is 4.74 Å². The number of aromatic nitrogens is 2. The van der Waals surface area contributed by atoms with Crippen LogP contribution in [0.1, 0.15) is 32.9 Å². The molecule has 0 radical (unpaired) electrons. The third-order valence-electron chi connectivity index (χ3n) is 2.84. The van der Waals surface area contributed by atoms with E-state index in [0.29, 0.717) is 0 Å². The quantitative estimate of drug-likeness (QED) is 0.754. The minimum Gasteiger partial charge on any atom is -0.385 e. The monoisotopic (exact) mass is 239 g/mol. The maximum absolute atomic E-state index is 5.14. The van der Waals surface area contributed by atoms with Crippen LogP contribution in [0.3, 0.4) is 0 Å². The summed E-state index contributed by atoms with van der Waals surface area (Å²) >= 11 is 0. The van der Waals surface area contributed by atoms with Gasteiger partial charge in [-0.2, -0.15) is 0 Å². The molecule has 0 aromatic carbocycles. The van der Waals surface area contributed by atoms with Crippen molar-refractivity contribution in [2.24, 2.45) is 5.41 Å². The van der Waals surface area contributed by atoms with Crippen LogP contribution >= 0.6 is 0 Å². The molecule has 17 heavy (non-hydrogen) atoms. The molecule has 0 bridgehead atoms. The molecule has 0 aliphatic carbocycles. The number of nitrogens with one attached hydrogen (secondary N) is 1. The molecule has 0 aliphatic rings. The van der Waals surface area contributed by atoms with Crippen molar-refractivity contribution in [2.45, 2.75) is 40.3 Å². The van der Waals surface area contributed by atoms with Crippen LogP contribution in [0.5, 0.6) is 0 Å². The molecule has 0 saturated carbocycles. The molecule has 0 aliphatic heterocycles. The van der Waals surface area contributed by atoms with Crippen molar-refractivity contribution in [1.29, 1.82) is 0 Å². The third-order valence-corrected chi connectivity index (χ3v) is 2.84. The lowest BCUT2D eigenvalue weighted by Gasteiger charge is -2.24. The van der Waals surface area contributed by atoms with Crippen LogP contribution in [0.4, 0.5) is 0 Å². The van der Waals surface area contributed by atoms with E-state index in [1.165, 1.54) is 0 Å². The second-order valence-electron chi connectivity index (χ2n) is 5.22. The standard InChI is InChI=1S/C13H25N3O/c1-5-14-8-12-9-16(11-15-12)10-13(2,3)6-7-17-4/h9,11,14H,5-8,10H2,1-4H3. The van der Waals surface area contributed by atoms with Gasteiger partial charge < -0.3 is 14.6 Å². The van der Waals surface area contributed by atoms with E-state index in [1.807, 2.05) is 6.33 Å². The number of hydrogen-bond acceptors (Lipinski definition) is 3. The summed E-state index contributed by atoms with van der Waals surface area (Å²) in [4.78, 5) is 4.39. The summed E-state index contributed by atoms with van der Waals surface area (Å²) in [6.45, 7) is 10.2. The fourth-order valence-corrected chi connectivity index (χ4v) is 1.79. The highest BCUT2D eigenvalue weighted by Gasteiger charge is 2.18. The number of hydrogen-bond donors (Lipinski definition) is 1. The van der Waals surface area contributed by atoms with Crippen LogP contribution in [0.25, 0.3) is 0 Å². The van der Waals surface area contributed by atoms with E-state index in [0.717, 1.165) is 38.4 Å². The summed E-state index contributed by atoms with van der Waals surface area (Å²) in [5, 5.41) is 3.28. The van der Waals surface area contributed by atoms with Gasteiger partial charge in [0.2, 0.25) is 0 Å². The van der Waals surface area contributed by atoms with Gasteiger partial charge >= 0.3 is 0 Å². The summed E-state index contributed by atoms with van der Waals surface area (Å²) in [5.74, 6) is 0. The van der Waals surface area contributed by atoms with E-state index in [2.05, 4.69) is 41.8 Å². The molecule has 1 rings (SSSR count). The molecule has 0 fully saturated rings. The lowest BCUT2D eigenvalue weighted by atomic mass is 9.90. The molecule has 0 atom stereocenters. The van der Waals surface area contributed by atoms with E-state index in [-0.39, 0.29) is 5.41 Å². The molecule has 1 heterocycles. The Kier molecular flexibility index (Phi) is 5.65. The highest BCUT2D eigenvalue weighted by atomic mass is 16.5. The normalized spacial score (nSPS) is 12.0. The fraction of sp³-hybridized carbons (Fsp3) is 0.769. The maximum atomic E-state index is 5.14. The minimum atomic E-state index is 0.242. The zero-order valence-electron chi connectivity index (χ0n) is 11.5. The highest BCUT2D eigenvalue weighted by molar-refractivity contribution is 4.96. The van der Waals surface area contributed by atoms with Crippen LogP contribution in [0, 0.1) is 5.41 Å². The van der Waals surface area contributed by atoms with Crippen molar-refractivity contribution in [1.82, 2.24) is 14.9 Å². The summed E-state index contributed by atoms with van der Waals surface area (Å²) < 4.78 is 7.31. The van der Waals surface area contributed by atoms with Crippen molar-refractivity contribution >= 4 is 0 Å². The Balaban J connectivity index is 2.47. The second-order valence-corrected chi connectivity index (χ2v) is 5.22. The van der Waals surface area contributed by atoms with Gasteiger partial charge in [0.25, 0.3) is 0 Å². The summed E-state index contributed by atoms with van der Waals surface area (Å²) in [5.41, 5.74) is 1.35. The smallest absolute Gasteiger partial charge is 0.0950 e. The van der Waals surface area contributed by atoms with Gasteiger partial charge in [-0.1, -0.05) is 20.8 Å². The Morgan fingerprint density at radius 3 is 2.88 bits per heavy atom. The SMILES string of the molecule is CCNCc1cn(CC(C)(C)CCOC)cn1. The lowest BCUT2D eigenvalue weighted by molar-refractivity contribution is 0.142. The van der Waals surface area contributed by atoms with Crippen LogP contribution in [0.2, 0.25) is 0 Å². The summed E-state index contributed by atoms with van der Waals surface area (Å²) in [7, 11) is 1.75. The van der Waals surface area contributed by atoms with Crippen LogP contribution in [0.15, 0.2) is 12.5 Å². The Morgan fingerprint density at radius 1 is 1.47 bits per heavy atom. The van der Waals surface area contributed by atoms with E-state index in [4.69, 9.17) is 4.74 Å². The molecule has 1 aromatic rings. The topological polar surface area (TPSA) is 39.1 Å². The molecule has 4 heteroatoms. The van der Waals surface area contributed by atoms with Crippen molar-refractivity contribution in [3.8, 4) is 0 Å². The Hall–Kier alpha value is -0.870. The van der Waals surface area contributed by atoms with Crippen molar-refractivity contribution in [3.63, 3.8) is 0 Å². The molecular formula is C13H25N3O. The van der Waals surface area contributed by atoms with Gasteiger partial charge in [-0.15, -0.1) is 0 Å². The first-order valence-electron chi connectivity index (χ1n) is 6.27. The van der Waals surface area contributed by atoms with E-state index < -0.39 is 0 Å². The van der Waals surface area contributed by atoms with Gasteiger partial charge in [-0.25, -0.2) is 4.98 Å².